The lowest BCUT2D eigenvalue weighted by Gasteiger charge is -2.32. The number of anilines is 1. The third-order valence-corrected chi connectivity index (χ3v) is 5.92. The number of nitrogens with two attached hydrogens (primary N) is 1. The van der Waals surface area contributed by atoms with E-state index in [4.69, 9.17) is 15.6 Å². The lowest BCUT2D eigenvalue weighted by molar-refractivity contribution is -0.127. The van der Waals surface area contributed by atoms with Gasteiger partial charge in [0.05, 0.1) is 11.4 Å². The molecule has 4 aromatic rings. The van der Waals surface area contributed by atoms with Gasteiger partial charge in [-0.3, -0.25) is 4.79 Å². The molecule has 2 N–H and O–H groups in total. The summed E-state index contributed by atoms with van der Waals surface area (Å²) >= 11 is 0. The van der Waals surface area contributed by atoms with Gasteiger partial charge in [0.1, 0.15) is 35.2 Å². The van der Waals surface area contributed by atoms with Crippen LogP contribution in [0.5, 0.6) is 11.5 Å². The van der Waals surface area contributed by atoms with E-state index in [0.717, 1.165) is 18.4 Å². The Kier molecular flexibility index (Phi) is 5.67. The van der Waals surface area contributed by atoms with Gasteiger partial charge in [0.25, 0.3) is 0 Å². The van der Waals surface area contributed by atoms with E-state index in [9.17, 15) is 9.18 Å². The standard InChI is InChI=1S/C25H23FN6O2/c1-2-21(33)31-13-3-4-18(14-31)32-25-22(24(27)28-15-29-25)23(30-32)16-5-9-19(10-6-16)34-20-11-7-17(26)8-12-20/h2,5-12,15,18H,1,3-4,13-14H2,(H2,27,28,29). The van der Waals surface area contributed by atoms with Gasteiger partial charge in [-0.15, -0.1) is 0 Å². The quantitative estimate of drug-likeness (QED) is 0.446. The van der Waals surface area contributed by atoms with E-state index in [1.165, 1.54) is 24.5 Å². The van der Waals surface area contributed by atoms with Crippen molar-refractivity contribution in [3.05, 3.63) is 73.3 Å². The van der Waals surface area contributed by atoms with Crippen LogP contribution in [0.25, 0.3) is 22.3 Å². The topological polar surface area (TPSA) is 99.2 Å². The fraction of sp³-hybridized carbons (Fsp3) is 0.200. The summed E-state index contributed by atoms with van der Waals surface area (Å²) in [6.45, 7) is 4.82. The third kappa shape index (κ3) is 4.07. The number of hydrogen-bond donors (Lipinski definition) is 1. The van der Waals surface area contributed by atoms with Crippen LogP contribution in [0.4, 0.5) is 10.2 Å². The Morgan fingerprint density at radius 2 is 1.82 bits per heavy atom. The molecular weight excluding hydrogens is 435 g/mol. The maximum absolute atomic E-state index is 13.1. The number of nitrogen functional groups attached to an aromatic ring is 1. The zero-order valence-electron chi connectivity index (χ0n) is 18.4. The fourth-order valence-corrected chi connectivity index (χ4v) is 4.26. The molecule has 0 aliphatic carbocycles. The molecule has 0 radical (unpaired) electrons. The molecule has 172 valence electrons. The van der Waals surface area contributed by atoms with Crippen molar-refractivity contribution in [1.29, 1.82) is 0 Å². The number of likely N-dealkylation sites (tertiary alicyclic amines) is 1. The molecule has 0 spiro atoms. The number of hydrogen-bond acceptors (Lipinski definition) is 6. The second kappa shape index (κ2) is 8.93. The van der Waals surface area contributed by atoms with E-state index < -0.39 is 0 Å². The SMILES string of the molecule is C=CC(=O)N1CCCC(n2nc(-c3ccc(Oc4ccc(F)cc4)cc3)c3c(N)ncnc32)C1. The van der Waals surface area contributed by atoms with E-state index >= 15 is 0 Å². The van der Waals surface area contributed by atoms with Crippen LogP contribution in [0.3, 0.4) is 0 Å². The predicted octanol–water partition coefficient (Wildman–Crippen LogP) is 4.36. The zero-order valence-corrected chi connectivity index (χ0v) is 18.4. The minimum absolute atomic E-state index is 0.0377. The fourth-order valence-electron chi connectivity index (χ4n) is 4.26. The molecule has 1 aliphatic rings. The highest BCUT2D eigenvalue weighted by atomic mass is 19.1. The summed E-state index contributed by atoms with van der Waals surface area (Å²) in [6.07, 6.45) is 4.49. The molecule has 3 heterocycles. The number of halogens is 1. The maximum atomic E-state index is 13.1. The average molecular weight is 458 g/mol. The lowest BCUT2D eigenvalue weighted by Crippen LogP contribution is -2.40. The number of nitrogens with zero attached hydrogens (tertiary/aromatic N) is 5. The summed E-state index contributed by atoms with van der Waals surface area (Å²) in [5.41, 5.74) is 8.36. The minimum atomic E-state index is -0.320. The van der Waals surface area contributed by atoms with Crippen LogP contribution >= 0.6 is 0 Å². The highest BCUT2D eigenvalue weighted by Crippen LogP contribution is 2.34. The second-order valence-electron chi connectivity index (χ2n) is 8.12. The lowest BCUT2D eigenvalue weighted by atomic mass is 10.1. The molecule has 5 rings (SSSR count). The van der Waals surface area contributed by atoms with Gasteiger partial charge in [-0.25, -0.2) is 19.0 Å². The molecule has 1 fully saturated rings. The van der Waals surface area contributed by atoms with Crippen LogP contribution in [0.2, 0.25) is 0 Å². The summed E-state index contributed by atoms with van der Waals surface area (Å²) in [6, 6.07) is 13.2. The molecule has 0 saturated carbocycles. The van der Waals surface area contributed by atoms with Crippen molar-refractivity contribution in [2.24, 2.45) is 0 Å². The van der Waals surface area contributed by atoms with Crippen molar-refractivity contribution in [3.8, 4) is 22.8 Å². The molecule has 8 nitrogen and oxygen atoms in total. The first kappa shape index (κ1) is 21.6. The molecule has 2 aromatic carbocycles. The van der Waals surface area contributed by atoms with E-state index in [2.05, 4.69) is 16.5 Å². The number of fused-ring (bicyclic) bond motifs is 1. The average Bonchev–Trinajstić information content (AvgIpc) is 3.26. The first-order valence-corrected chi connectivity index (χ1v) is 11.0. The van der Waals surface area contributed by atoms with Gasteiger partial charge in [0.15, 0.2) is 5.65 Å². The minimum Gasteiger partial charge on any atom is -0.457 e. The number of amides is 1. The van der Waals surface area contributed by atoms with Crippen molar-refractivity contribution < 1.29 is 13.9 Å². The summed E-state index contributed by atoms with van der Waals surface area (Å²) in [4.78, 5) is 22.6. The summed E-state index contributed by atoms with van der Waals surface area (Å²) < 4.78 is 20.8. The summed E-state index contributed by atoms with van der Waals surface area (Å²) in [5, 5.41) is 5.54. The van der Waals surface area contributed by atoms with Gasteiger partial charge in [0, 0.05) is 18.7 Å². The van der Waals surface area contributed by atoms with Crippen LogP contribution in [0, 0.1) is 5.82 Å². The van der Waals surface area contributed by atoms with Gasteiger partial charge in [-0.1, -0.05) is 6.58 Å². The number of rotatable bonds is 5. The molecule has 2 aromatic heterocycles. The van der Waals surface area contributed by atoms with Crippen LogP contribution < -0.4 is 10.5 Å². The zero-order chi connectivity index (χ0) is 23.7. The van der Waals surface area contributed by atoms with Gasteiger partial charge in [-0.05, 0) is 67.4 Å². The summed E-state index contributed by atoms with van der Waals surface area (Å²) in [5.74, 6) is 1.08. The van der Waals surface area contributed by atoms with Gasteiger partial charge < -0.3 is 15.4 Å². The maximum Gasteiger partial charge on any atom is 0.246 e. The molecule has 1 unspecified atom stereocenters. The Morgan fingerprint density at radius 3 is 2.53 bits per heavy atom. The van der Waals surface area contributed by atoms with Gasteiger partial charge in [-0.2, -0.15) is 5.10 Å². The Hall–Kier alpha value is -4.27. The third-order valence-electron chi connectivity index (χ3n) is 5.92. The van der Waals surface area contributed by atoms with Gasteiger partial charge in [0.2, 0.25) is 5.91 Å². The second-order valence-corrected chi connectivity index (χ2v) is 8.12. The van der Waals surface area contributed by atoms with Crippen LogP contribution in [0.1, 0.15) is 18.9 Å². The molecule has 1 atom stereocenters. The number of aromatic nitrogens is 4. The Morgan fingerprint density at radius 1 is 1.12 bits per heavy atom. The monoisotopic (exact) mass is 458 g/mol. The van der Waals surface area contributed by atoms with Crippen LogP contribution in [-0.2, 0) is 4.79 Å². The van der Waals surface area contributed by atoms with Crippen LogP contribution in [-0.4, -0.2) is 43.6 Å². The van der Waals surface area contributed by atoms with Crippen molar-refractivity contribution in [3.63, 3.8) is 0 Å². The Balaban J connectivity index is 1.48. The van der Waals surface area contributed by atoms with Crippen LogP contribution in [0.15, 0.2) is 67.5 Å². The Labute approximate surface area is 195 Å². The largest absolute Gasteiger partial charge is 0.457 e. The number of piperidine rings is 1. The van der Waals surface area contributed by atoms with E-state index in [0.29, 0.717) is 47.1 Å². The molecule has 0 bridgehead atoms. The first-order valence-electron chi connectivity index (χ1n) is 11.0. The van der Waals surface area contributed by atoms with Crippen molar-refractivity contribution >= 4 is 22.8 Å². The number of carbonyl (C=O) groups excluding carboxylic acids is 1. The number of carbonyl (C=O) groups is 1. The Bertz CT molecular complexity index is 1350. The predicted molar refractivity (Wildman–Crippen MR) is 127 cm³/mol. The highest BCUT2D eigenvalue weighted by molar-refractivity contribution is 5.98. The molecule has 1 amide bonds. The highest BCUT2D eigenvalue weighted by Gasteiger charge is 2.28. The van der Waals surface area contributed by atoms with E-state index in [-0.39, 0.29) is 17.8 Å². The first-order chi connectivity index (χ1) is 16.5. The summed E-state index contributed by atoms with van der Waals surface area (Å²) in [7, 11) is 0. The van der Waals surface area contributed by atoms with Crippen molar-refractivity contribution in [2.75, 3.05) is 18.8 Å². The molecule has 1 aliphatic heterocycles. The van der Waals surface area contributed by atoms with Crippen molar-refractivity contribution in [1.82, 2.24) is 24.6 Å². The van der Waals surface area contributed by atoms with E-state index in [1.807, 2.05) is 28.9 Å². The van der Waals surface area contributed by atoms with E-state index in [1.54, 1.807) is 17.0 Å². The van der Waals surface area contributed by atoms with Crippen molar-refractivity contribution in [2.45, 2.75) is 18.9 Å². The number of benzene rings is 2. The molecule has 1 saturated heterocycles. The molecular formula is C25H23FN6O2. The van der Waals surface area contributed by atoms with Gasteiger partial charge >= 0.3 is 0 Å². The molecule has 9 heteroatoms. The normalized spacial score (nSPS) is 15.9. The number of ether oxygens (including phenoxy) is 1. The molecule has 34 heavy (non-hydrogen) atoms. The smallest absolute Gasteiger partial charge is 0.246 e.